The summed E-state index contributed by atoms with van der Waals surface area (Å²) >= 11 is 3.37. The summed E-state index contributed by atoms with van der Waals surface area (Å²) in [5, 5.41) is 12.5. The number of carbonyl (C=O) groups excluding carboxylic acids is 1. The van der Waals surface area contributed by atoms with Gasteiger partial charge in [0.15, 0.2) is 0 Å². The predicted octanol–water partition coefficient (Wildman–Crippen LogP) is 5.41. The zero-order valence-corrected chi connectivity index (χ0v) is 20.0. The number of rotatable bonds is 5. The highest BCUT2D eigenvalue weighted by atomic mass is 79.9. The van der Waals surface area contributed by atoms with Gasteiger partial charge < -0.3 is 10.1 Å². The largest absolute Gasteiger partial charge is 0.438 e. The first-order chi connectivity index (χ1) is 16.4. The molecule has 0 aliphatic rings. The van der Waals surface area contributed by atoms with Crippen LogP contribution < -0.4 is 15.6 Å². The van der Waals surface area contributed by atoms with Gasteiger partial charge in [-0.1, -0.05) is 34.1 Å². The average Bonchev–Trinajstić information content (AvgIpc) is 2.83. The van der Waals surface area contributed by atoms with Crippen molar-refractivity contribution in [3.05, 3.63) is 104 Å². The van der Waals surface area contributed by atoms with Crippen LogP contribution in [0.5, 0.6) is 11.6 Å². The molecule has 4 aromatic rings. The van der Waals surface area contributed by atoms with Gasteiger partial charge in [-0.3, -0.25) is 14.0 Å². The molecule has 168 valence electrons. The molecule has 2 aromatic carbocycles. The van der Waals surface area contributed by atoms with Gasteiger partial charge in [0.1, 0.15) is 28.6 Å². The van der Waals surface area contributed by atoms with E-state index in [1.807, 2.05) is 38.1 Å². The second-order valence-corrected chi connectivity index (χ2v) is 8.48. The van der Waals surface area contributed by atoms with Crippen LogP contribution in [0.15, 0.2) is 81.7 Å². The average molecular weight is 515 g/mol. The lowest BCUT2D eigenvalue weighted by molar-refractivity contribution is -0.112. The number of amides is 1. The Hall–Kier alpha value is -4.22. The fourth-order valence-electron chi connectivity index (χ4n) is 3.25. The molecular formula is C26H19BrN4O3. The summed E-state index contributed by atoms with van der Waals surface area (Å²) in [5.74, 6) is -0.197. The van der Waals surface area contributed by atoms with Gasteiger partial charge in [-0.25, -0.2) is 0 Å². The maximum Gasteiger partial charge on any atom is 0.269 e. The van der Waals surface area contributed by atoms with E-state index < -0.39 is 11.5 Å². The Bertz CT molecular complexity index is 1530. The van der Waals surface area contributed by atoms with E-state index in [9.17, 15) is 14.9 Å². The minimum atomic E-state index is -0.636. The van der Waals surface area contributed by atoms with Crippen LogP contribution in [0.1, 0.15) is 16.7 Å². The van der Waals surface area contributed by atoms with Gasteiger partial charge in [-0.05, 0) is 73.5 Å². The summed E-state index contributed by atoms with van der Waals surface area (Å²) < 4.78 is 8.09. The number of fused-ring (bicyclic) bond motifs is 1. The van der Waals surface area contributed by atoms with Crippen molar-refractivity contribution < 1.29 is 9.53 Å². The minimum Gasteiger partial charge on any atom is -0.438 e. The minimum absolute atomic E-state index is 0.00851. The highest BCUT2D eigenvalue weighted by Crippen LogP contribution is 2.26. The van der Waals surface area contributed by atoms with Crippen LogP contribution in [0.2, 0.25) is 0 Å². The van der Waals surface area contributed by atoms with E-state index >= 15 is 0 Å². The number of anilines is 1. The quantitative estimate of drug-likeness (QED) is 0.283. The predicted molar refractivity (Wildman–Crippen MR) is 134 cm³/mol. The summed E-state index contributed by atoms with van der Waals surface area (Å²) in [7, 11) is 0. The molecule has 0 saturated heterocycles. The number of benzene rings is 2. The van der Waals surface area contributed by atoms with E-state index in [-0.39, 0.29) is 17.0 Å². The van der Waals surface area contributed by atoms with Crippen LogP contribution in [0.25, 0.3) is 11.7 Å². The molecule has 2 aromatic heterocycles. The van der Waals surface area contributed by atoms with Crippen molar-refractivity contribution in [3.8, 4) is 17.7 Å². The molecular weight excluding hydrogens is 496 g/mol. The monoisotopic (exact) mass is 514 g/mol. The highest BCUT2D eigenvalue weighted by Gasteiger charge is 2.18. The Kier molecular flexibility index (Phi) is 6.57. The van der Waals surface area contributed by atoms with Crippen LogP contribution in [0.4, 0.5) is 5.69 Å². The first-order valence-electron chi connectivity index (χ1n) is 10.3. The topological polar surface area (TPSA) is 96.5 Å². The summed E-state index contributed by atoms with van der Waals surface area (Å²) in [6.07, 6.45) is 2.77. The van der Waals surface area contributed by atoms with Gasteiger partial charge in [0.05, 0.1) is 0 Å². The molecule has 1 N–H and O–H groups in total. The van der Waals surface area contributed by atoms with Gasteiger partial charge >= 0.3 is 0 Å². The number of nitrogens with zero attached hydrogens (tertiary/aromatic N) is 3. The van der Waals surface area contributed by atoms with E-state index in [1.54, 1.807) is 48.7 Å². The van der Waals surface area contributed by atoms with Crippen LogP contribution >= 0.6 is 15.9 Å². The zero-order valence-electron chi connectivity index (χ0n) is 18.4. The lowest BCUT2D eigenvalue weighted by Crippen LogP contribution is -2.20. The summed E-state index contributed by atoms with van der Waals surface area (Å²) in [5.41, 5.74) is 2.04. The van der Waals surface area contributed by atoms with Crippen molar-refractivity contribution >= 4 is 39.2 Å². The smallest absolute Gasteiger partial charge is 0.269 e. The molecule has 0 spiro atoms. The highest BCUT2D eigenvalue weighted by molar-refractivity contribution is 9.10. The third kappa shape index (κ3) is 4.90. The number of hydrogen-bond acceptors (Lipinski definition) is 5. The molecule has 0 radical (unpaired) electrons. The molecule has 0 atom stereocenters. The van der Waals surface area contributed by atoms with Crippen molar-refractivity contribution in [2.24, 2.45) is 0 Å². The van der Waals surface area contributed by atoms with Crippen LogP contribution in [-0.4, -0.2) is 15.3 Å². The molecule has 7 nitrogen and oxygen atoms in total. The number of carbonyl (C=O) groups is 1. The van der Waals surface area contributed by atoms with Gasteiger partial charge in [0, 0.05) is 16.4 Å². The third-order valence-electron chi connectivity index (χ3n) is 5.06. The number of aryl methyl sites for hydroxylation is 2. The Labute approximate surface area is 204 Å². The van der Waals surface area contributed by atoms with Crippen LogP contribution in [-0.2, 0) is 4.79 Å². The van der Waals surface area contributed by atoms with E-state index in [4.69, 9.17) is 4.74 Å². The van der Waals surface area contributed by atoms with Gasteiger partial charge in [0.25, 0.3) is 11.5 Å². The molecule has 2 heterocycles. The van der Waals surface area contributed by atoms with E-state index in [0.717, 1.165) is 15.6 Å². The number of hydrogen-bond donors (Lipinski definition) is 1. The normalized spacial score (nSPS) is 11.2. The van der Waals surface area contributed by atoms with Crippen molar-refractivity contribution in [2.75, 3.05) is 5.32 Å². The van der Waals surface area contributed by atoms with E-state index in [0.29, 0.717) is 17.1 Å². The van der Waals surface area contributed by atoms with Crippen LogP contribution in [0.3, 0.4) is 0 Å². The third-order valence-corrected chi connectivity index (χ3v) is 5.59. The molecule has 0 saturated carbocycles. The van der Waals surface area contributed by atoms with E-state index in [1.165, 1.54) is 10.5 Å². The fourth-order valence-corrected chi connectivity index (χ4v) is 3.52. The molecule has 0 bridgehead atoms. The lowest BCUT2D eigenvalue weighted by Gasteiger charge is -2.11. The molecule has 34 heavy (non-hydrogen) atoms. The summed E-state index contributed by atoms with van der Waals surface area (Å²) in [4.78, 5) is 30.6. The SMILES string of the molecule is Cc1ccc(C)c(NC(=O)C(C#N)=Cc2c(Oc3ccc(Br)cc3)nc3ccccn3c2=O)c1. The number of ether oxygens (including phenoxy) is 1. The number of pyridine rings is 1. The number of nitrogens with one attached hydrogen (secondary N) is 1. The van der Waals surface area contributed by atoms with E-state index in [2.05, 4.69) is 26.2 Å². The van der Waals surface area contributed by atoms with Crippen LogP contribution in [0, 0.1) is 25.2 Å². The lowest BCUT2D eigenvalue weighted by atomic mass is 10.1. The maximum atomic E-state index is 13.3. The maximum absolute atomic E-state index is 13.3. The van der Waals surface area contributed by atoms with Gasteiger partial charge in [0.2, 0.25) is 5.88 Å². The van der Waals surface area contributed by atoms with Gasteiger partial charge in [-0.15, -0.1) is 0 Å². The summed E-state index contributed by atoms with van der Waals surface area (Å²) in [6, 6.07) is 19.6. The first kappa shape index (κ1) is 23.0. The second kappa shape index (κ2) is 9.73. The fraction of sp³-hybridized carbons (Fsp3) is 0.0769. The van der Waals surface area contributed by atoms with Crippen molar-refractivity contribution in [1.29, 1.82) is 5.26 Å². The summed E-state index contributed by atoms with van der Waals surface area (Å²) in [6.45, 7) is 3.76. The molecule has 4 rings (SSSR count). The standard InChI is InChI=1S/C26H19BrN4O3/c1-16-6-7-17(2)22(13-16)29-24(32)18(15-28)14-21-25(34-20-10-8-19(27)9-11-20)30-23-5-3-4-12-31(23)26(21)33/h3-14H,1-2H3,(H,29,32). The van der Waals surface area contributed by atoms with Crippen molar-refractivity contribution in [2.45, 2.75) is 13.8 Å². The van der Waals surface area contributed by atoms with Gasteiger partial charge in [-0.2, -0.15) is 10.2 Å². The number of halogens is 1. The van der Waals surface area contributed by atoms with Crippen molar-refractivity contribution in [1.82, 2.24) is 9.38 Å². The number of aromatic nitrogens is 2. The Balaban J connectivity index is 1.80. The number of nitriles is 1. The van der Waals surface area contributed by atoms with Crippen molar-refractivity contribution in [3.63, 3.8) is 0 Å². The Morgan fingerprint density at radius 2 is 1.91 bits per heavy atom. The second-order valence-electron chi connectivity index (χ2n) is 7.56. The molecule has 0 unspecified atom stereocenters. The molecule has 8 heteroatoms. The molecule has 0 aliphatic heterocycles. The first-order valence-corrected chi connectivity index (χ1v) is 11.1. The molecule has 1 amide bonds. The molecule has 0 aliphatic carbocycles. The Morgan fingerprint density at radius 3 is 2.65 bits per heavy atom. The Morgan fingerprint density at radius 1 is 1.15 bits per heavy atom. The zero-order chi connectivity index (χ0) is 24.2. The molecule has 0 fully saturated rings.